The van der Waals surface area contributed by atoms with Gasteiger partial charge in [0.05, 0.1) is 10.5 Å². The molecule has 0 spiro atoms. The predicted molar refractivity (Wildman–Crippen MR) is 60.7 cm³/mol. The van der Waals surface area contributed by atoms with Crippen LogP contribution >= 0.6 is 34.2 Å². The molecule has 0 atom stereocenters. The Labute approximate surface area is 98.5 Å². The molecule has 6 heteroatoms. The lowest BCUT2D eigenvalue weighted by molar-refractivity contribution is -0.385. The van der Waals surface area contributed by atoms with Crippen LogP contribution in [0.3, 0.4) is 0 Å². The summed E-state index contributed by atoms with van der Waals surface area (Å²) in [5, 5.41) is 9.87. The maximum atomic E-state index is 10.9. The number of nitrogens with zero attached hydrogens (tertiary/aromatic N) is 1. The Balaban J connectivity index is 3.42. The number of aryl methyl sites for hydroxylation is 1. The average molecular weight is 325 g/mol. The Morgan fingerprint density at radius 3 is 2.57 bits per heavy atom. The van der Waals surface area contributed by atoms with Gasteiger partial charge in [-0.2, -0.15) is 0 Å². The molecule has 0 aromatic heterocycles. The zero-order valence-corrected chi connectivity index (χ0v) is 10.00. The highest BCUT2D eigenvalue weighted by Gasteiger charge is 2.17. The number of rotatable bonds is 2. The number of carbonyl (C=O) groups excluding carboxylic acids is 1. The zero-order valence-electron chi connectivity index (χ0n) is 7.08. The number of nitro groups is 1. The van der Waals surface area contributed by atoms with Gasteiger partial charge in [0.2, 0.25) is 0 Å². The summed E-state index contributed by atoms with van der Waals surface area (Å²) in [7, 11) is 0. The van der Waals surface area contributed by atoms with Crippen LogP contribution in [0, 0.1) is 20.6 Å². The van der Waals surface area contributed by atoms with Gasteiger partial charge in [0, 0.05) is 15.2 Å². The standard InChI is InChI=1S/C8H5ClINO3/c1-4-2-6(10)5(8(9)12)3-7(4)11(13)14/h2-3H,1H3. The molecule has 0 aliphatic carbocycles. The van der Waals surface area contributed by atoms with Crippen LogP contribution in [0.5, 0.6) is 0 Å². The number of hydrogen-bond donors (Lipinski definition) is 0. The molecule has 1 rings (SSSR count). The van der Waals surface area contributed by atoms with E-state index in [0.29, 0.717) is 9.13 Å². The van der Waals surface area contributed by atoms with Gasteiger partial charge < -0.3 is 0 Å². The summed E-state index contributed by atoms with van der Waals surface area (Å²) in [6.07, 6.45) is 0. The van der Waals surface area contributed by atoms with Gasteiger partial charge in [-0.15, -0.1) is 0 Å². The van der Waals surface area contributed by atoms with Crippen LogP contribution in [-0.2, 0) is 0 Å². The minimum absolute atomic E-state index is 0.0885. The number of hydrogen-bond acceptors (Lipinski definition) is 3. The summed E-state index contributed by atoms with van der Waals surface area (Å²) >= 11 is 7.18. The van der Waals surface area contributed by atoms with E-state index in [1.165, 1.54) is 6.07 Å². The smallest absolute Gasteiger partial charge is 0.273 e. The molecular formula is C8H5ClINO3. The lowest BCUT2D eigenvalue weighted by Crippen LogP contribution is -1.99. The van der Waals surface area contributed by atoms with E-state index in [0.717, 1.165) is 0 Å². The number of carbonyl (C=O) groups is 1. The maximum absolute atomic E-state index is 10.9. The molecule has 74 valence electrons. The Kier molecular flexibility index (Phi) is 3.43. The summed E-state index contributed by atoms with van der Waals surface area (Å²) < 4.78 is 0.616. The molecule has 0 aliphatic rings. The highest BCUT2D eigenvalue weighted by Crippen LogP contribution is 2.25. The van der Waals surface area contributed by atoms with Crippen molar-refractivity contribution in [3.8, 4) is 0 Å². The summed E-state index contributed by atoms with van der Waals surface area (Å²) in [5.74, 6) is 0. The molecule has 14 heavy (non-hydrogen) atoms. The van der Waals surface area contributed by atoms with Gasteiger partial charge in [0.1, 0.15) is 0 Å². The monoisotopic (exact) mass is 325 g/mol. The third-order valence-electron chi connectivity index (χ3n) is 1.69. The van der Waals surface area contributed by atoms with Crippen molar-refractivity contribution in [1.82, 2.24) is 0 Å². The van der Waals surface area contributed by atoms with Crippen molar-refractivity contribution in [2.45, 2.75) is 6.92 Å². The Morgan fingerprint density at radius 2 is 2.14 bits per heavy atom. The van der Waals surface area contributed by atoms with Crippen LogP contribution in [-0.4, -0.2) is 10.2 Å². The van der Waals surface area contributed by atoms with E-state index in [9.17, 15) is 14.9 Å². The molecular weight excluding hydrogens is 320 g/mol. The van der Waals surface area contributed by atoms with Crippen molar-refractivity contribution in [3.05, 3.63) is 36.9 Å². The molecule has 0 saturated heterocycles. The summed E-state index contributed by atoms with van der Waals surface area (Å²) in [6, 6.07) is 2.76. The summed E-state index contributed by atoms with van der Waals surface area (Å²) in [5.41, 5.74) is 0.597. The normalized spacial score (nSPS) is 9.93. The van der Waals surface area contributed by atoms with E-state index in [1.807, 2.05) is 22.6 Å². The molecule has 1 aromatic rings. The first-order chi connectivity index (χ1) is 6.43. The van der Waals surface area contributed by atoms with Crippen LogP contribution in [0.15, 0.2) is 12.1 Å². The van der Waals surface area contributed by atoms with Crippen molar-refractivity contribution >= 4 is 45.1 Å². The maximum Gasteiger partial charge on any atom is 0.273 e. The van der Waals surface area contributed by atoms with Gasteiger partial charge in [-0.05, 0) is 47.2 Å². The molecule has 0 radical (unpaired) electrons. The SMILES string of the molecule is Cc1cc(I)c(C(=O)Cl)cc1[N+](=O)[O-]. The van der Waals surface area contributed by atoms with Gasteiger partial charge in [-0.3, -0.25) is 14.9 Å². The minimum atomic E-state index is -0.683. The predicted octanol–water partition coefficient (Wildman–Crippen LogP) is 2.89. The lowest BCUT2D eigenvalue weighted by Gasteiger charge is -2.01. The van der Waals surface area contributed by atoms with Gasteiger partial charge in [0.15, 0.2) is 0 Å². The van der Waals surface area contributed by atoms with E-state index in [1.54, 1.807) is 13.0 Å². The van der Waals surface area contributed by atoms with Crippen LogP contribution in [0.25, 0.3) is 0 Å². The molecule has 0 aliphatic heterocycles. The number of nitro benzene ring substituents is 1. The minimum Gasteiger partial charge on any atom is -0.276 e. The molecule has 0 N–H and O–H groups in total. The highest BCUT2D eigenvalue weighted by atomic mass is 127. The van der Waals surface area contributed by atoms with Crippen molar-refractivity contribution in [2.75, 3.05) is 0 Å². The van der Waals surface area contributed by atoms with E-state index in [4.69, 9.17) is 11.6 Å². The molecule has 0 fully saturated rings. The van der Waals surface area contributed by atoms with Gasteiger partial charge in [-0.25, -0.2) is 0 Å². The zero-order chi connectivity index (χ0) is 10.9. The molecule has 0 bridgehead atoms. The third kappa shape index (κ3) is 2.21. The largest absolute Gasteiger partial charge is 0.276 e. The van der Waals surface area contributed by atoms with Crippen molar-refractivity contribution in [1.29, 1.82) is 0 Å². The topological polar surface area (TPSA) is 60.2 Å². The fraction of sp³-hybridized carbons (Fsp3) is 0.125. The first-order valence-electron chi connectivity index (χ1n) is 3.58. The molecule has 1 aromatic carbocycles. The highest BCUT2D eigenvalue weighted by molar-refractivity contribution is 14.1. The van der Waals surface area contributed by atoms with Crippen molar-refractivity contribution < 1.29 is 9.72 Å². The van der Waals surface area contributed by atoms with E-state index < -0.39 is 10.2 Å². The second-order valence-electron chi connectivity index (χ2n) is 2.65. The van der Waals surface area contributed by atoms with Gasteiger partial charge in [-0.1, -0.05) is 0 Å². The second-order valence-corrected chi connectivity index (χ2v) is 4.15. The first-order valence-corrected chi connectivity index (χ1v) is 5.03. The van der Waals surface area contributed by atoms with Crippen LogP contribution < -0.4 is 0 Å². The van der Waals surface area contributed by atoms with Gasteiger partial charge >= 0.3 is 0 Å². The molecule has 0 unspecified atom stereocenters. The van der Waals surface area contributed by atoms with Crippen LogP contribution in [0.1, 0.15) is 15.9 Å². The molecule has 4 nitrogen and oxygen atoms in total. The number of halogens is 2. The molecule has 0 amide bonds. The Hall–Kier alpha value is -0.690. The van der Waals surface area contributed by atoms with E-state index in [2.05, 4.69) is 0 Å². The van der Waals surface area contributed by atoms with Crippen molar-refractivity contribution in [2.24, 2.45) is 0 Å². The molecule has 0 heterocycles. The summed E-state index contributed by atoms with van der Waals surface area (Å²) in [4.78, 5) is 20.9. The fourth-order valence-corrected chi connectivity index (χ4v) is 2.19. The summed E-state index contributed by atoms with van der Waals surface area (Å²) in [6.45, 7) is 1.61. The molecule has 0 saturated carbocycles. The quantitative estimate of drug-likeness (QED) is 0.363. The third-order valence-corrected chi connectivity index (χ3v) is 2.79. The van der Waals surface area contributed by atoms with Crippen molar-refractivity contribution in [3.63, 3.8) is 0 Å². The first kappa shape index (κ1) is 11.4. The van der Waals surface area contributed by atoms with Crippen LogP contribution in [0.2, 0.25) is 0 Å². The fourth-order valence-electron chi connectivity index (χ4n) is 1.01. The lowest BCUT2D eigenvalue weighted by atomic mass is 10.1. The van der Waals surface area contributed by atoms with Gasteiger partial charge in [0.25, 0.3) is 10.9 Å². The number of benzene rings is 1. The van der Waals surface area contributed by atoms with Crippen LogP contribution in [0.4, 0.5) is 5.69 Å². The Bertz CT molecular complexity index is 384. The van der Waals surface area contributed by atoms with E-state index in [-0.39, 0.29) is 11.3 Å². The average Bonchev–Trinajstić information content (AvgIpc) is 2.02. The van der Waals surface area contributed by atoms with E-state index >= 15 is 0 Å². The second kappa shape index (κ2) is 4.22. The Morgan fingerprint density at radius 1 is 1.57 bits per heavy atom.